The van der Waals surface area contributed by atoms with E-state index in [1.165, 1.54) is 199 Å². The SMILES string of the molecule is c1cc2c3c(c1)-n1c4ccc5c6ccccc6c6ccccc6c5c4c4c5c6ccccc6c6ccccc6c5cc(c41)B3c1cc(-c3ccc4c(c3)sc3ccccc34)cc3c4cc(-c5ccc6c(c5)sc5ccccc56)ccc4n-2c13. The molecule has 0 unspecified atom stereocenters. The van der Waals surface area contributed by atoms with Crippen LogP contribution in [0.1, 0.15) is 0 Å². The first-order chi connectivity index (χ1) is 41.2. The molecule has 0 aliphatic carbocycles. The zero-order chi connectivity index (χ0) is 53.5. The standard InChI is InChI=1S/C78H41BN2S2/c1-3-18-50-46(14-1)48-16-5-7-22-56(48)72-58(50)33-35-65-74(72)75-73-57-23-8-6-17-49(57)47-15-2-4-19-51(47)60(73)41-63-78(75)81(65)67-25-13-24-66-76(67)79(63)62-38-45(44-29-32-55-53-21-10-12-27-69(53)83-71(55)40-44)37-61-59-36-42(30-34-64(59)80(66)77(61)62)43-28-31-54-52-20-9-11-26-68(52)82-70(54)39-43/h1-41H. The van der Waals surface area contributed by atoms with Crippen LogP contribution in [0, 0.1) is 0 Å². The maximum absolute atomic E-state index is 2.69. The third kappa shape index (κ3) is 5.46. The summed E-state index contributed by atoms with van der Waals surface area (Å²) in [7, 11) is 0. The molecule has 0 atom stereocenters. The summed E-state index contributed by atoms with van der Waals surface area (Å²) in [6, 6.07) is 95.7. The van der Waals surface area contributed by atoms with Crippen molar-refractivity contribution in [2.75, 3.05) is 0 Å². The molecule has 0 saturated carbocycles. The fraction of sp³-hybridized carbons (Fsp3) is 0. The van der Waals surface area contributed by atoms with Crippen molar-refractivity contribution < 1.29 is 0 Å². The van der Waals surface area contributed by atoms with Crippen LogP contribution in [0.15, 0.2) is 249 Å². The lowest BCUT2D eigenvalue weighted by atomic mass is 9.34. The lowest BCUT2D eigenvalue weighted by Crippen LogP contribution is -2.59. The van der Waals surface area contributed by atoms with Crippen molar-refractivity contribution in [2.24, 2.45) is 0 Å². The fourth-order valence-electron chi connectivity index (χ4n) is 16.1. The molecule has 83 heavy (non-hydrogen) atoms. The number of aromatic nitrogens is 2. The summed E-state index contributed by atoms with van der Waals surface area (Å²) < 4.78 is 10.6. The molecule has 21 rings (SSSR count). The molecule has 0 radical (unpaired) electrons. The first-order valence-corrected chi connectivity index (χ1v) is 30.5. The van der Waals surface area contributed by atoms with E-state index in [1.807, 2.05) is 22.7 Å². The monoisotopic (exact) mass is 1080 g/mol. The highest BCUT2D eigenvalue weighted by molar-refractivity contribution is 7.26. The molecule has 6 heterocycles. The van der Waals surface area contributed by atoms with Crippen LogP contribution in [-0.2, 0) is 0 Å². The number of fused-ring (bicyclic) bond motifs is 30. The van der Waals surface area contributed by atoms with Crippen LogP contribution in [0.25, 0.3) is 182 Å². The highest BCUT2D eigenvalue weighted by atomic mass is 32.1. The number of hydrogen-bond donors (Lipinski definition) is 0. The Morgan fingerprint density at radius 1 is 0.241 bits per heavy atom. The Labute approximate surface area is 482 Å². The summed E-state index contributed by atoms with van der Waals surface area (Å²) >= 11 is 3.79. The van der Waals surface area contributed by atoms with Gasteiger partial charge in [0.1, 0.15) is 0 Å². The molecule has 378 valence electrons. The van der Waals surface area contributed by atoms with Gasteiger partial charge >= 0.3 is 0 Å². The van der Waals surface area contributed by atoms with Gasteiger partial charge in [-0.2, -0.15) is 0 Å². The number of nitrogens with zero attached hydrogens (tertiary/aromatic N) is 2. The molecule has 2 nitrogen and oxygen atoms in total. The second-order valence-electron chi connectivity index (χ2n) is 23.3. The normalized spacial score (nSPS) is 13.0. The van der Waals surface area contributed by atoms with Crippen molar-refractivity contribution >= 4 is 194 Å². The van der Waals surface area contributed by atoms with Gasteiger partial charge in [-0.3, -0.25) is 0 Å². The lowest BCUT2D eigenvalue weighted by molar-refractivity contribution is 1.14. The maximum atomic E-state index is 2.69. The van der Waals surface area contributed by atoms with Crippen LogP contribution in [0.3, 0.4) is 0 Å². The van der Waals surface area contributed by atoms with Crippen LogP contribution in [-0.4, -0.2) is 15.8 Å². The predicted molar refractivity (Wildman–Crippen MR) is 361 cm³/mol. The van der Waals surface area contributed by atoms with Gasteiger partial charge in [-0.15, -0.1) is 22.7 Å². The molecule has 0 spiro atoms. The molecule has 4 aromatic heterocycles. The van der Waals surface area contributed by atoms with Gasteiger partial charge in [-0.05, 0) is 153 Å². The van der Waals surface area contributed by atoms with Gasteiger partial charge in [-0.25, -0.2) is 0 Å². The molecule has 5 heteroatoms. The average molecular weight is 1080 g/mol. The van der Waals surface area contributed by atoms with Gasteiger partial charge in [0.05, 0.1) is 16.6 Å². The van der Waals surface area contributed by atoms with Crippen molar-refractivity contribution in [1.82, 2.24) is 9.13 Å². The Morgan fingerprint density at radius 3 is 1.28 bits per heavy atom. The number of rotatable bonds is 2. The molecule has 2 aliphatic heterocycles. The molecule has 0 bridgehead atoms. The van der Waals surface area contributed by atoms with Gasteiger partial charge in [0, 0.05) is 89.6 Å². The van der Waals surface area contributed by atoms with E-state index in [0.29, 0.717) is 0 Å². The third-order valence-electron chi connectivity index (χ3n) is 19.4. The first kappa shape index (κ1) is 43.7. The second-order valence-corrected chi connectivity index (χ2v) is 25.5. The van der Waals surface area contributed by atoms with E-state index in [4.69, 9.17) is 0 Å². The minimum atomic E-state index is -0.0823. The van der Waals surface area contributed by atoms with Crippen molar-refractivity contribution in [1.29, 1.82) is 0 Å². The summed E-state index contributed by atoms with van der Waals surface area (Å²) in [5, 5.41) is 26.1. The number of thiophene rings is 2. The fourth-order valence-corrected chi connectivity index (χ4v) is 18.4. The first-order valence-electron chi connectivity index (χ1n) is 28.8. The molecule has 2 aliphatic rings. The summed E-state index contributed by atoms with van der Waals surface area (Å²) in [5.41, 5.74) is 16.6. The minimum absolute atomic E-state index is 0.0823. The molecule has 19 aromatic rings. The van der Waals surface area contributed by atoms with Gasteiger partial charge in [0.25, 0.3) is 6.71 Å². The van der Waals surface area contributed by atoms with Crippen molar-refractivity contribution in [3.05, 3.63) is 249 Å². The van der Waals surface area contributed by atoms with E-state index in [0.717, 1.165) is 0 Å². The number of hydrogen-bond acceptors (Lipinski definition) is 2. The molecular formula is C78H41BN2S2. The quantitative estimate of drug-likeness (QED) is 0.121. The van der Waals surface area contributed by atoms with Crippen molar-refractivity contribution in [2.45, 2.75) is 0 Å². The zero-order valence-electron chi connectivity index (χ0n) is 44.5. The van der Waals surface area contributed by atoms with Gasteiger partial charge in [0.2, 0.25) is 0 Å². The highest BCUT2D eigenvalue weighted by Gasteiger charge is 2.42. The Kier molecular flexibility index (Phi) is 8.16. The summed E-state index contributed by atoms with van der Waals surface area (Å²) in [6.07, 6.45) is 0. The third-order valence-corrected chi connectivity index (χ3v) is 21.7. The predicted octanol–water partition coefficient (Wildman–Crippen LogP) is 20.0. The molecule has 0 N–H and O–H groups in total. The zero-order valence-corrected chi connectivity index (χ0v) is 46.1. The molecular weight excluding hydrogens is 1040 g/mol. The highest BCUT2D eigenvalue weighted by Crippen LogP contribution is 2.50. The van der Waals surface area contributed by atoms with E-state index in [-0.39, 0.29) is 6.71 Å². The average Bonchev–Trinajstić information content (AvgIpc) is 1.80. The molecule has 0 saturated heterocycles. The van der Waals surface area contributed by atoms with Crippen molar-refractivity contribution in [3.63, 3.8) is 0 Å². The van der Waals surface area contributed by atoms with Gasteiger partial charge < -0.3 is 9.13 Å². The summed E-state index contributed by atoms with van der Waals surface area (Å²) in [4.78, 5) is 0. The number of benzene rings is 15. The molecule has 0 fully saturated rings. The van der Waals surface area contributed by atoms with E-state index in [1.54, 1.807) is 0 Å². The van der Waals surface area contributed by atoms with Crippen LogP contribution in [0.4, 0.5) is 0 Å². The Morgan fingerprint density at radius 2 is 0.663 bits per heavy atom. The van der Waals surface area contributed by atoms with Gasteiger partial charge in [-0.1, -0.05) is 188 Å². The van der Waals surface area contributed by atoms with Crippen molar-refractivity contribution in [3.8, 4) is 33.6 Å². The lowest BCUT2D eigenvalue weighted by Gasteiger charge is -2.34. The Hall–Kier alpha value is -10.0. The van der Waals surface area contributed by atoms with Crippen LogP contribution >= 0.6 is 22.7 Å². The molecule has 0 amide bonds. The topological polar surface area (TPSA) is 9.86 Å². The van der Waals surface area contributed by atoms with Crippen LogP contribution < -0.4 is 16.4 Å². The largest absolute Gasteiger partial charge is 0.310 e. The second kappa shape index (κ2) is 15.5. The molecule has 15 aromatic carbocycles. The van der Waals surface area contributed by atoms with E-state index < -0.39 is 0 Å². The van der Waals surface area contributed by atoms with E-state index in [9.17, 15) is 0 Å². The van der Waals surface area contributed by atoms with Gasteiger partial charge in [0.15, 0.2) is 0 Å². The smallest absolute Gasteiger partial charge is 0.252 e. The van der Waals surface area contributed by atoms with E-state index >= 15 is 0 Å². The Balaban J connectivity index is 0.937. The minimum Gasteiger partial charge on any atom is -0.310 e. The summed E-state index contributed by atoms with van der Waals surface area (Å²) in [5.74, 6) is 0. The van der Waals surface area contributed by atoms with Crippen LogP contribution in [0.2, 0.25) is 0 Å². The summed E-state index contributed by atoms with van der Waals surface area (Å²) in [6.45, 7) is -0.0823. The van der Waals surface area contributed by atoms with Crippen LogP contribution in [0.5, 0.6) is 0 Å². The van der Waals surface area contributed by atoms with E-state index in [2.05, 4.69) is 258 Å². The Bertz CT molecular complexity index is 6230. The maximum Gasteiger partial charge on any atom is 0.252 e.